The number of aromatic nitrogens is 3. The van der Waals surface area contributed by atoms with Gasteiger partial charge in [-0.15, -0.1) is 21.5 Å². The topological polar surface area (TPSA) is 63.8 Å². The monoisotopic (exact) mass is 286 g/mol. The molecule has 0 atom stereocenters. The van der Waals surface area contributed by atoms with Gasteiger partial charge in [0.1, 0.15) is 5.01 Å². The van der Waals surface area contributed by atoms with Crippen LogP contribution in [0.4, 0.5) is 0 Å². The summed E-state index contributed by atoms with van der Waals surface area (Å²) in [4.78, 5) is 4.38. The zero-order valence-electron chi connectivity index (χ0n) is 11.0. The van der Waals surface area contributed by atoms with Crippen molar-refractivity contribution in [3.63, 3.8) is 0 Å². The van der Waals surface area contributed by atoms with Crippen molar-refractivity contribution in [3.05, 3.63) is 52.3 Å². The minimum atomic E-state index is 0.540. The largest absolute Gasteiger partial charge is 0.419 e. The summed E-state index contributed by atoms with van der Waals surface area (Å²) in [7, 11) is 0. The lowest BCUT2D eigenvalue weighted by molar-refractivity contribution is 0.477. The number of hydrogen-bond acceptors (Lipinski definition) is 6. The molecule has 3 rings (SSSR count). The smallest absolute Gasteiger partial charge is 0.247 e. The second-order valence-corrected chi connectivity index (χ2v) is 5.30. The van der Waals surface area contributed by atoms with Gasteiger partial charge in [-0.3, -0.25) is 0 Å². The zero-order chi connectivity index (χ0) is 13.8. The molecule has 1 aromatic carbocycles. The van der Waals surface area contributed by atoms with Crippen molar-refractivity contribution in [3.8, 4) is 11.5 Å². The van der Waals surface area contributed by atoms with E-state index >= 15 is 0 Å². The van der Waals surface area contributed by atoms with Gasteiger partial charge in [0.2, 0.25) is 11.8 Å². The molecule has 0 amide bonds. The highest BCUT2D eigenvalue weighted by molar-refractivity contribution is 7.09. The van der Waals surface area contributed by atoms with E-state index in [0.717, 1.165) is 16.3 Å². The van der Waals surface area contributed by atoms with Gasteiger partial charge in [0.25, 0.3) is 0 Å². The van der Waals surface area contributed by atoms with E-state index in [1.807, 2.05) is 42.6 Å². The van der Waals surface area contributed by atoms with Crippen LogP contribution in [0, 0.1) is 6.92 Å². The highest BCUT2D eigenvalue weighted by atomic mass is 32.1. The SMILES string of the molecule is Cc1csc(CNCc2nnc(-c3ccccc3)o2)n1. The lowest BCUT2D eigenvalue weighted by Gasteiger charge is -1.97. The molecular weight excluding hydrogens is 272 g/mol. The van der Waals surface area contributed by atoms with Gasteiger partial charge in [-0.05, 0) is 19.1 Å². The van der Waals surface area contributed by atoms with Crippen molar-refractivity contribution >= 4 is 11.3 Å². The average molecular weight is 286 g/mol. The van der Waals surface area contributed by atoms with Gasteiger partial charge < -0.3 is 9.73 Å². The van der Waals surface area contributed by atoms with Crippen molar-refractivity contribution in [1.29, 1.82) is 0 Å². The Kier molecular flexibility index (Phi) is 3.85. The lowest BCUT2D eigenvalue weighted by atomic mass is 10.2. The van der Waals surface area contributed by atoms with E-state index in [4.69, 9.17) is 4.42 Å². The number of nitrogens with one attached hydrogen (secondary N) is 1. The summed E-state index contributed by atoms with van der Waals surface area (Å²) in [5.74, 6) is 1.13. The molecule has 5 nitrogen and oxygen atoms in total. The quantitative estimate of drug-likeness (QED) is 0.781. The lowest BCUT2D eigenvalue weighted by Crippen LogP contribution is -2.12. The minimum Gasteiger partial charge on any atom is -0.419 e. The molecule has 6 heteroatoms. The molecule has 0 saturated heterocycles. The third kappa shape index (κ3) is 3.09. The van der Waals surface area contributed by atoms with Crippen LogP contribution in [0.3, 0.4) is 0 Å². The van der Waals surface area contributed by atoms with E-state index in [0.29, 0.717) is 24.9 Å². The summed E-state index contributed by atoms with van der Waals surface area (Å²) in [5, 5.41) is 14.4. The number of aryl methyl sites for hydroxylation is 1. The summed E-state index contributed by atoms with van der Waals surface area (Å²) in [6.07, 6.45) is 0. The fourth-order valence-electron chi connectivity index (χ4n) is 1.78. The number of hydrogen-bond donors (Lipinski definition) is 1. The molecule has 2 heterocycles. The van der Waals surface area contributed by atoms with Crippen LogP contribution in [0.2, 0.25) is 0 Å². The molecule has 102 valence electrons. The van der Waals surface area contributed by atoms with Crippen molar-refractivity contribution < 1.29 is 4.42 Å². The number of nitrogens with zero attached hydrogens (tertiary/aromatic N) is 3. The van der Waals surface area contributed by atoms with Gasteiger partial charge in [0.05, 0.1) is 6.54 Å². The van der Waals surface area contributed by atoms with Gasteiger partial charge in [-0.1, -0.05) is 18.2 Å². The molecule has 0 aliphatic rings. The fourth-order valence-corrected chi connectivity index (χ4v) is 2.52. The van der Waals surface area contributed by atoms with E-state index in [1.165, 1.54) is 0 Å². The van der Waals surface area contributed by atoms with Crippen molar-refractivity contribution in [1.82, 2.24) is 20.5 Å². The van der Waals surface area contributed by atoms with E-state index in [1.54, 1.807) is 11.3 Å². The average Bonchev–Trinajstić information content (AvgIpc) is 3.09. The molecule has 0 aliphatic heterocycles. The normalized spacial score (nSPS) is 10.8. The Morgan fingerprint density at radius 2 is 2.00 bits per heavy atom. The Balaban J connectivity index is 1.58. The van der Waals surface area contributed by atoms with E-state index < -0.39 is 0 Å². The van der Waals surface area contributed by atoms with Crippen molar-refractivity contribution in [2.45, 2.75) is 20.0 Å². The van der Waals surface area contributed by atoms with Crippen molar-refractivity contribution in [2.75, 3.05) is 0 Å². The molecule has 0 radical (unpaired) electrons. The maximum Gasteiger partial charge on any atom is 0.247 e. The van der Waals surface area contributed by atoms with Gasteiger partial charge in [-0.2, -0.15) is 0 Å². The van der Waals surface area contributed by atoms with Crippen LogP contribution in [-0.2, 0) is 13.1 Å². The highest BCUT2D eigenvalue weighted by Crippen LogP contribution is 2.16. The maximum absolute atomic E-state index is 5.61. The summed E-state index contributed by atoms with van der Waals surface area (Å²) in [6, 6.07) is 9.75. The second-order valence-electron chi connectivity index (χ2n) is 4.35. The van der Waals surface area contributed by atoms with Crippen LogP contribution in [0.5, 0.6) is 0 Å². The van der Waals surface area contributed by atoms with Crippen LogP contribution >= 0.6 is 11.3 Å². The summed E-state index contributed by atoms with van der Waals surface area (Å²) in [6.45, 7) is 3.24. The van der Waals surface area contributed by atoms with Crippen LogP contribution in [0.15, 0.2) is 40.1 Å². The Labute approximate surface area is 120 Å². The summed E-state index contributed by atoms with van der Waals surface area (Å²) < 4.78 is 5.61. The van der Waals surface area contributed by atoms with Crippen LogP contribution in [0.25, 0.3) is 11.5 Å². The predicted molar refractivity (Wildman–Crippen MR) is 77.1 cm³/mol. The standard InChI is InChI=1S/C14H14N4OS/c1-10-9-20-13(16-10)8-15-7-12-17-18-14(19-12)11-5-3-2-4-6-11/h2-6,9,15H,7-8H2,1H3. The predicted octanol–water partition coefficient (Wildman–Crippen LogP) is 2.79. The van der Waals surface area contributed by atoms with Crippen LogP contribution in [0.1, 0.15) is 16.6 Å². The van der Waals surface area contributed by atoms with Gasteiger partial charge in [0, 0.05) is 23.2 Å². The van der Waals surface area contributed by atoms with E-state index in [9.17, 15) is 0 Å². The first-order chi connectivity index (χ1) is 9.81. The first-order valence-electron chi connectivity index (χ1n) is 6.31. The summed E-state index contributed by atoms with van der Waals surface area (Å²) in [5.41, 5.74) is 1.98. The van der Waals surface area contributed by atoms with Crippen molar-refractivity contribution in [2.24, 2.45) is 0 Å². The van der Waals surface area contributed by atoms with E-state index in [2.05, 4.69) is 20.5 Å². The molecule has 0 aliphatic carbocycles. The molecule has 0 bridgehead atoms. The highest BCUT2D eigenvalue weighted by Gasteiger charge is 2.07. The minimum absolute atomic E-state index is 0.540. The number of thiazole rings is 1. The third-order valence-corrected chi connectivity index (χ3v) is 3.67. The molecular formula is C14H14N4OS. The van der Waals surface area contributed by atoms with Crippen LogP contribution < -0.4 is 5.32 Å². The zero-order valence-corrected chi connectivity index (χ0v) is 11.9. The molecule has 0 saturated carbocycles. The Morgan fingerprint density at radius 1 is 1.15 bits per heavy atom. The second kappa shape index (κ2) is 5.94. The summed E-state index contributed by atoms with van der Waals surface area (Å²) >= 11 is 1.65. The molecule has 3 aromatic rings. The van der Waals surface area contributed by atoms with E-state index in [-0.39, 0.29) is 0 Å². The molecule has 0 unspecified atom stereocenters. The molecule has 0 spiro atoms. The molecule has 1 N–H and O–H groups in total. The Morgan fingerprint density at radius 3 is 2.75 bits per heavy atom. The first kappa shape index (κ1) is 13.0. The Bertz CT molecular complexity index is 677. The molecule has 0 fully saturated rings. The Hall–Kier alpha value is -2.05. The van der Waals surface area contributed by atoms with Gasteiger partial charge >= 0.3 is 0 Å². The number of rotatable bonds is 5. The maximum atomic E-state index is 5.61. The first-order valence-corrected chi connectivity index (χ1v) is 7.19. The fraction of sp³-hybridized carbons (Fsp3) is 0.214. The number of benzene rings is 1. The van der Waals surface area contributed by atoms with Gasteiger partial charge in [0.15, 0.2) is 0 Å². The van der Waals surface area contributed by atoms with Crippen LogP contribution in [-0.4, -0.2) is 15.2 Å². The molecule has 20 heavy (non-hydrogen) atoms. The third-order valence-electron chi connectivity index (χ3n) is 2.71. The molecule has 2 aromatic heterocycles. The van der Waals surface area contributed by atoms with Gasteiger partial charge in [-0.25, -0.2) is 4.98 Å².